The quantitative estimate of drug-likeness (QED) is 0.695. The van der Waals surface area contributed by atoms with Crippen LogP contribution in [0.5, 0.6) is 0 Å². The highest BCUT2D eigenvalue weighted by Gasteiger charge is 2.49. The Bertz CT molecular complexity index is 352. The molecule has 1 heterocycles. The van der Waals surface area contributed by atoms with Gasteiger partial charge in [0.1, 0.15) is 5.60 Å². The van der Waals surface area contributed by atoms with E-state index in [4.69, 9.17) is 4.74 Å². The largest absolute Gasteiger partial charge is 0.458 e. The van der Waals surface area contributed by atoms with Crippen LogP contribution in [0.25, 0.3) is 0 Å². The summed E-state index contributed by atoms with van der Waals surface area (Å²) in [4.78, 5) is 11.6. The van der Waals surface area contributed by atoms with Crippen molar-refractivity contribution in [1.82, 2.24) is 0 Å². The predicted octanol–water partition coefficient (Wildman–Crippen LogP) is 1.69. The van der Waals surface area contributed by atoms with Crippen molar-refractivity contribution in [3.8, 4) is 0 Å². The molecule has 1 rings (SSSR count). The number of hydrogen-bond acceptors (Lipinski definition) is 4. The highest BCUT2D eigenvalue weighted by molar-refractivity contribution is 7.92. The van der Waals surface area contributed by atoms with E-state index in [0.29, 0.717) is 6.42 Å². The summed E-state index contributed by atoms with van der Waals surface area (Å²) in [5, 5.41) is -0.953. The molecule has 0 amide bonds. The van der Waals surface area contributed by atoms with Gasteiger partial charge in [0.25, 0.3) is 0 Å². The fourth-order valence-electron chi connectivity index (χ4n) is 2.41. The molecule has 1 atom stereocenters. The van der Waals surface area contributed by atoms with Gasteiger partial charge in [0.2, 0.25) is 0 Å². The van der Waals surface area contributed by atoms with Crippen molar-refractivity contribution in [2.75, 3.05) is 6.26 Å². The normalized spacial score (nSPS) is 24.4. The van der Waals surface area contributed by atoms with Gasteiger partial charge in [-0.15, -0.1) is 0 Å². The lowest BCUT2D eigenvalue weighted by atomic mass is 9.90. The molecule has 5 heteroatoms. The van der Waals surface area contributed by atoms with Crippen LogP contribution in [0.2, 0.25) is 0 Å². The maximum absolute atomic E-state index is 11.6. The molecular weight excluding hydrogens is 228 g/mol. The Balaban J connectivity index is 2.90. The smallest absolute Gasteiger partial charge is 0.325 e. The third kappa shape index (κ3) is 2.75. The van der Waals surface area contributed by atoms with Gasteiger partial charge in [0.05, 0.1) is 0 Å². The van der Waals surface area contributed by atoms with Gasteiger partial charge in [-0.2, -0.15) is 0 Å². The number of carbonyl (C=O) groups is 1. The number of rotatable bonds is 5. The van der Waals surface area contributed by atoms with Crippen LogP contribution in [0.3, 0.4) is 0 Å². The first kappa shape index (κ1) is 13.5. The Morgan fingerprint density at radius 1 is 1.31 bits per heavy atom. The molecule has 1 saturated heterocycles. The summed E-state index contributed by atoms with van der Waals surface area (Å²) in [5.41, 5.74) is -0.533. The standard InChI is InChI=1S/C11H20O4S/c1-4-6-11(7-5-2)8-9(10(12)15-11)16(3,13)14/h9H,4-8H2,1-3H3. The van der Waals surface area contributed by atoms with E-state index in [0.717, 1.165) is 31.9 Å². The van der Waals surface area contributed by atoms with Gasteiger partial charge in [-0.1, -0.05) is 26.7 Å². The zero-order valence-electron chi connectivity index (χ0n) is 10.2. The van der Waals surface area contributed by atoms with Crippen LogP contribution in [-0.4, -0.2) is 31.5 Å². The van der Waals surface area contributed by atoms with Crippen molar-refractivity contribution in [3.05, 3.63) is 0 Å². The zero-order chi connectivity index (χ0) is 12.4. The number of hydrogen-bond donors (Lipinski definition) is 0. The first-order valence-electron chi connectivity index (χ1n) is 5.76. The minimum absolute atomic E-state index is 0.326. The van der Waals surface area contributed by atoms with E-state index >= 15 is 0 Å². The van der Waals surface area contributed by atoms with Crippen molar-refractivity contribution in [2.24, 2.45) is 0 Å². The molecule has 1 aliphatic rings. The van der Waals surface area contributed by atoms with E-state index in [2.05, 4.69) is 0 Å². The van der Waals surface area contributed by atoms with Gasteiger partial charge in [0.15, 0.2) is 15.1 Å². The average molecular weight is 248 g/mol. The van der Waals surface area contributed by atoms with Crippen LogP contribution in [0.4, 0.5) is 0 Å². The Morgan fingerprint density at radius 2 is 1.81 bits per heavy atom. The predicted molar refractivity (Wildman–Crippen MR) is 61.9 cm³/mol. The van der Waals surface area contributed by atoms with E-state index in [1.54, 1.807) is 0 Å². The van der Waals surface area contributed by atoms with E-state index in [9.17, 15) is 13.2 Å². The summed E-state index contributed by atoms with van der Waals surface area (Å²) >= 11 is 0. The number of sulfone groups is 1. The Morgan fingerprint density at radius 3 is 2.12 bits per heavy atom. The molecule has 16 heavy (non-hydrogen) atoms. The van der Waals surface area contributed by atoms with Crippen molar-refractivity contribution in [3.63, 3.8) is 0 Å². The molecule has 0 saturated carbocycles. The maximum Gasteiger partial charge on any atom is 0.325 e. The van der Waals surface area contributed by atoms with Crippen LogP contribution < -0.4 is 0 Å². The molecule has 0 aromatic rings. The van der Waals surface area contributed by atoms with E-state index in [-0.39, 0.29) is 0 Å². The van der Waals surface area contributed by atoms with Crippen molar-refractivity contribution in [1.29, 1.82) is 0 Å². The fraction of sp³-hybridized carbons (Fsp3) is 0.909. The van der Waals surface area contributed by atoms with Gasteiger partial charge < -0.3 is 4.74 Å². The lowest BCUT2D eigenvalue weighted by Gasteiger charge is -2.26. The van der Waals surface area contributed by atoms with Crippen LogP contribution in [0.1, 0.15) is 46.0 Å². The van der Waals surface area contributed by atoms with Crippen LogP contribution in [0.15, 0.2) is 0 Å². The fourth-order valence-corrected chi connectivity index (χ4v) is 3.41. The zero-order valence-corrected chi connectivity index (χ0v) is 11.0. The topological polar surface area (TPSA) is 60.4 Å². The SMILES string of the molecule is CCCC1(CCC)CC(S(C)(=O)=O)C(=O)O1. The molecule has 4 nitrogen and oxygen atoms in total. The van der Waals surface area contributed by atoms with E-state index in [1.165, 1.54) is 0 Å². The van der Waals surface area contributed by atoms with Crippen molar-refractivity contribution < 1.29 is 17.9 Å². The van der Waals surface area contributed by atoms with Gasteiger partial charge in [-0.3, -0.25) is 4.79 Å². The number of esters is 1. The highest BCUT2D eigenvalue weighted by atomic mass is 32.2. The van der Waals surface area contributed by atoms with E-state index in [1.807, 2.05) is 13.8 Å². The number of ether oxygens (including phenoxy) is 1. The van der Waals surface area contributed by atoms with Crippen LogP contribution in [0, 0.1) is 0 Å². The molecule has 1 unspecified atom stereocenters. The molecule has 0 N–H and O–H groups in total. The minimum atomic E-state index is -3.33. The molecular formula is C11H20O4S. The van der Waals surface area contributed by atoms with Gasteiger partial charge in [0, 0.05) is 12.7 Å². The maximum atomic E-state index is 11.6. The number of cyclic esters (lactones) is 1. The average Bonchev–Trinajstić information content (AvgIpc) is 2.43. The summed E-state index contributed by atoms with van der Waals surface area (Å²) in [5.74, 6) is -0.565. The molecule has 0 spiro atoms. The van der Waals surface area contributed by atoms with E-state index < -0.39 is 26.7 Å². The van der Waals surface area contributed by atoms with Crippen molar-refractivity contribution in [2.45, 2.75) is 56.8 Å². The summed E-state index contributed by atoms with van der Waals surface area (Å²) in [6, 6.07) is 0. The Kier molecular flexibility index (Phi) is 3.99. The molecule has 0 aromatic carbocycles. The molecule has 0 aromatic heterocycles. The third-order valence-corrected chi connectivity index (χ3v) is 4.46. The van der Waals surface area contributed by atoms with Gasteiger partial charge in [-0.05, 0) is 12.8 Å². The monoisotopic (exact) mass is 248 g/mol. The second-order valence-corrected chi connectivity index (χ2v) is 6.85. The molecule has 1 aliphatic heterocycles. The van der Waals surface area contributed by atoms with Crippen LogP contribution >= 0.6 is 0 Å². The molecule has 1 fully saturated rings. The molecule has 0 radical (unpaired) electrons. The molecule has 94 valence electrons. The lowest BCUT2D eigenvalue weighted by Crippen LogP contribution is -2.29. The second-order valence-electron chi connectivity index (χ2n) is 4.63. The van der Waals surface area contributed by atoms with Gasteiger partial charge >= 0.3 is 5.97 Å². The molecule has 0 aliphatic carbocycles. The van der Waals surface area contributed by atoms with Crippen molar-refractivity contribution >= 4 is 15.8 Å². The Hall–Kier alpha value is -0.580. The summed E-state index contributed by atoms with van der Waals surface area (Å²) in [7, 11) is -3.33. The third-order valence-electron chi connectivity index (χ3n) is 3.07. The summed E-state index contributed by atoms with van der Waals surface area (Å²) in [6.07, 6.45) is 4.71. The summed E-state index contributed by atoms with van der Waals surface area (Å²) in [6.45, 7) is 4.03. The lowest BCUT2D eigenvalue weighted by molar-refractivity contribution is -0.149. The van der Waals surface area contributed by atoms with Gasteiger partial charge in [-0.25, -0.2) is 8.42 Å². The minimum Gasteiger partial charge on any atom is -0.458 e. The number of carbonyl (C=O) groups excluding carboxylic acids is 1. The molecule has 0 bridgehead atoms. The summed E-state index contributed by atoms with van der Waals surface area (Å²) < 4.78 is 28.2. The first-order chi connectivity index (χ1) is 7.34. The first-order valence-corrected chi connectivity index (χ1v) is 7.72. The second kappa shape index (κ2) is 4.73. The highest BCUT2D eigenvalue weighted by Crippen LogP contribution is 2.37. The van der Waals surface area contributed by atoms with Crippen LogP contribution in [-0.2, 0) is 19.4 Å². The Labute approximate surface area is 97.3 Å².